The van der Waals surface area contributed by atoms with Crippen LogP contribution < -0.4 is 0 Å². The molecule has 1 aromatic carbocycles. The van der Waals surface area contributed by atoms with Gasteiger partial charge in [0.1, 0.15) is 0 Å². The average molecular weight is 225 g/mol. The van der Waals surface area contributed by atoms with Gasteiger partial charge < -0.3 is 0 Å². The highest BCUT2D eigenvalue weighted by Gasteiger charge is 2.04. The van der Waals surface area contributed by atoms with Crippen molar-refractivity contribution in [3.8, 4) is 0 Å². The third-order valence-electron chi connectivity index (χ3n) is 1.96. The molecule has 0 saturated carbocycles. The van der Waals surface area contributed by atoms with Crippen LogP contribution in [0, 0.1) is 0 Å². The number of hydrogen-bond acceptors (Lipinski definition) is 1. The van der Waals surface area contributed by atoms with Gasteiger partial charge >= 0.3 is 0 Å². The fourth-order valence-corrected chi connectivity index (χ4v) is 1.79. The van der Waals surface area contributed by atoms with Gasteiger partial charge in [-0.1, -0.05) is 19.1 Å². The molecule has 0 amide bonds. The molecule has 0 atom stereocenters. The zero-order valence-corrected chi connectivity index (χ0v) is 8.35. The number of aromatic amines is 1. The molecule has 0 aliphatic carbocycles. The quantitative estimate of drug-likeness (QED) is 0.794. The summed E-state index contributed by atoms with van der Waals surface area (Å²) < 4.78 is 1.08. The van der Waals surface area contributed by atoms with Crippen LogP contribution in [-0.4, -0.2) is 10.2 Å². The van der Waals surface area contributed by atoms with Crippen molar-refractivity contribution in [2.75, 3.05) is 0 Å². The molecule has 0 spiro atoms. The van der Waals surface area contributed by atoms with E-state index in [4.69, 9.17) is 0 Å². The van der Waals surface area contributed by atoms with Crippen molar-refractivity contribution < 1.29 is 0 Å². The normalized spacial score (nSPS) is 10.8. The molecule has 3 heteroatoms. The lowest BCUT2D eigenvalue weighted by molar-refractivity contribution is 0.988. The lowest BCUT2D eigenvalue weighted by atomic mass is 10.2. The Hall–Kier alpha value is -0.830. The van der Waals surface area contributed by atoms with E-state index in [2.05, 4.69) is 39.1 Å². The summed E-state index contributed by atoms with van der Waals surface area (Å²) in [5.41, 5.74) is 2.22. The Morgan fingerprint density at radius 1 is 1.50 bits per heavy atom. The number of para-hydroxylation sites is 1. The lowest BCUT2D eigenvalue weighted by Gasteiger charge is -1.92. The van der Waals surface area contributed by atoms with Crippen LogP contribution in [0.25, 0.3) is 10.9 Å². The van der Waals surface area contributed by atoms with E-state index in [0.29, 0.717) is 0 Å². The summed E-state index contributed by atoms with van der Waals surface area (Å²) in [6.45, 7) is 2.11. The van der Waals surface area contributed by atoms with E-state index >= 15 is 0 Å². The minimum Gasteiger partial charge on any atom is -0.276 e. The number of halogens is 1. The zero-order valence-electron chi connectivity index (χ0n) is 6.76. The third-order valence-corrected chi connectivity index (χ3v) is 2.62. The highest BCUT2D eigenvalue weighted by Crippen LogP contribution is 2.23. The van der Waals surface area contributed by atoms with Crippen LogP contribution in [0.1, 0.15) is 12.6 Å². The number of benzene rings is 1. The first kappa shape index (κ1) is 7.80. The van der Waals surface area contributed by atoms with Crippen LogP contribution >= 0.6 is 15.9 Å². The minimum atomic E-state index is 0.969. The van der Waals surface area contributed by atoms with Crippen molar-refractivity contribution in [1.82, 2.24) is 10.2 Å². The Balaban J connectivity index is 2.80. The van der Waals surface area contributed by atoms with Gasteiger partial charge in [0, 0.05) is 9.86 Å². The SMILES string of the molecule is CCc1n[nH]c2c(Br)cccc12. The fraction of sp³-hybridized carbons (Fsp3) is 0.222. The zero-order chi connectivity index (χ0) is 8.55. The topological polar surface area (TPSA) is 28.7 Å². The smallest absolute Gasteiger partial charge is 0.0795 e. The molecule has 0 bridgehead atoms. The molecule has 2 rings (SSSR count). The van der Waals surface area contributed by atoms with E-state index in [9.17, 15) is 0 Å². The van der Waals surface area contributed by atoms with Crippen molar-refractivity contribution in [3.05, 3.63) is 28.4 Å². The van der Waals surface area contributed by atoms with Crippen molar-refractivity contribution >= 4 is 26.8 Å². The molecule has 1 heterocycles. The number of hydrogen-bond donors (Lipinski definition) is 1. The summed E-state index contributed by atoms with van der Waals surface area (Å²) in [5, 5.41) is 8.44. The van der Waals surface area contributed by atoms with Gasteiger partial charge in [-0.2, -0.15) is 5.10 Å². The molecule has 0 saturated heterocycles. The number of nitrogens with zero attached hydrogens (tertiary/aromatic N) is 1. The number of rotatable bonds is 1. The Morgan fingerprint density at radius 3 is 3.08 bits per heavy atom. The Morgan fingerprint density at radius 2 is 2.33 bits per heavy atom. The fourth-order valence-electron chi connectivity index (χ4n) is 1.33. The maximum Gasteiger partial charge on any atom is 0.0795 e. The summed E-state index contributed by atoms with van der Waals surface area (Å²) in [5.74, 6) is 0. The first-order chi connectivity index (χ1) is 5.83. The molecule has 0 unspecified atom stereocenters. The lowest BCUT2D eigenvalue weighted by Crippen LogP contribution is -1.78. The molecule has 0 aliphatic rings. The number of aromatic nitrogens is 2. The molecule has 1 N–H and O–H groups in total. The van der Waals surface area contributed by atoms with Gasteiger partial charge in [-0.05, 0) is 28.4 Å². The van der Waals surface area contributed by atoms with Gasteiger partial charge in [-0.3, -0.25) is 5.10 Å². The number of aryl methyl sites for hydroxylation is 1. The highest BCUT2D eigenvalue weighted by atomic mass is 79.9. The van der Waals surface area contributed by atoms with Gasteiger partial charge in [0.2, 0.25) is 0 Å². The van der Waals surface area contributed by atoms with Gasteiger partial charge in [-0.25, -0.2) is 0 Å². The Bertz CT molecular complexity index is 406. The molecule has 0 aliphatic heterocycles. The van der Waals surface area contributed by atoms with Gasteiger partial charge in [0.05, 0.1) is 11.2 Å². The second-order valence-corrected chi connectivity index (χ2v) is 3.54. The molecule has 62 valence electrons. The van der Waals surface area contributed by atoms with Crippen LogP contribution in [0.5, 0.6) is 0 Å². The molecule has 1 aromatic heterocycles. The van der Waals surface area contributed by atoms with Crippen LogP contribution in [-0.2, 0) is 6.42 Å². The van der Waals surface area contributed by atoms with E-state index < -0.39 is 0 Å². The summed E-state index contributed by atoms with van der Waals surface area (Å²) in [6, 6.07) is 6.13. The standard InChI is InChI=1S/C9H9BrN2/c1-2-8-6-4-3-5-7(10)9(6)12-11-8/h3-5H,2H2,1H3,(H,11,12). The van der Waals surface area contributed by atoms with Crippen molar-refractivity contribution in [2.45, 2.75) is 13.3 Å². The number of fused-ring (bicyclic) bond motifs is 1. The molecular formula is C9H9BrN2. The Kier molecular flexibility index (Phi) is 1.89. The van der Waals surface area contributed by atoms with E-state index in [0.717, 1.165) is 22.1 Å². The van der Waals surface area contributed by atoms with Crippen molar-refractivity contribution in [1.29, 1.82) is 0 Å². The van der Waals surface area contributed by atoms with Gasteiger partial charge in [-0.15, -0.1) is 0 Å². The molecule has 0 fully saturated rings. The second-order valence-electron chi connectivity index (χ2n) is 2.69. The van der Waals surface area contributed by atoms with Crippen LogP contribution in [0.2, 0.25) is 0 Å². The summed E-state index contributed by atoms with van der Waals surface area (Å²) >= 11 is 3.47. The van der Waals surface area contributed by atoms with Crippen LogP contribution in [0.15, 0.2) is 22.7 Å². The Labute approximate surface area is 79.1 Å². The predicted molar refractivity (Wildman–Crippen MR) is 53.2 cm³/mol. The second kappa shape index (κ2) is 2.90. The predicted octanol–water partition coefficient (Wildman–Crippen LogP) is 2.89. The maximum absolute atomic E-state index is 4.22. The van der Waals surface area contributed by atoms with Crippen LogP contribution in [0.4, 0.5) is 0 Å². The molecule has 12 heavy (non-hydrogen) atoms. The van der Waals surface area contributed by atoms with E-state index in [1.54, 1.807) is 0 Å². The van der Waals surface area contributed by atoms with Gasteiger partial charge in [0.15, 0.2) is 0 Å². The van der Waals surface area contributed by atoms with Crippen LogP contribution in [0.3, 0.4) is 0 Å². The summed E-state index contributed by atoms with van der Waals surface area (Å²) in [4.78, 5) is 0. The largest absolute Gasteiger partial charge is 0.276 e. The van der Waals surface area contributed by atoms with E-state index in [1.807, 2.05) is 12.1 Å². The monoisotopic (exact) mass is 224 g/mol. The van der Waals surface area contributed by atoms with Gasteiger partial charge in [0.25, 0.3) is 0 Å². The molecule has 0 radical (unpaired) electrons. The molecular weight excluding hydrogens is 216 g/mol. The van der Waals surface area contributed by atoms with E-state index in [-0.39, 0.29) is 0 Å². The minimum absolute atomic E-state index is 0.969. The number of nitrogens with one attached hydrogen (secondary N) is 1. The molecule has 2 nitrogen and oxygen atoms in total. The third kappa shape index (κ3) is 1.05. The summed E-state index contributed by atoms with van der Waals surface area (Å²) in [7, 11) is 0. The highest BCUT2D eigenvalue weighted by molar-refractivity contribution is 9.10. The maximum atomic E-state index is 4.22. The molecule has 2 aromatic rings. The first-order valence-corrected chi connectivity index (χ1v) is 4.73. The van der Waals surface area contributed by atoms with Crippen molar-refractivity contribution in [3.63, 3.8) is 0 Å². The summed E-state index contributed by atoms with van der Waals surface area (Å²) in [6.07, 6.45) is 0.969. The first-order valence-electron chi connectivity index (χ1n) is 3.94. The van der Waals surface area contributed by atoms with E-state index in [1.165, 1.54) is 5.39 Å². The average Bonchev–Trinajstić information content (AvgIpc) is 2.49. The number of H-pyrrole nitrogens is 1. The van der Waals surface area contributed by atoms with Crippen molar-refractivity contribution in [2.24, 2.45) is 0 Å².